The fourth-order valence-electron chi connectivity index (χ4n) is 0.368. The predicted octanol–water partition coefficient (Wildman–Crippen LogP) is 1.90. The van der Waals surface area contributed by atoms with Crippen LogP contribution >= 0.6 is 15.9 Å². The molecule has 0 rings (SSSR count). The smallest absolute Gasteiger partial charge is 0.0744 e. The van der Waals surface area contributed by atoms with Crippen molar-refractivity contribution in [3.05, 3.63) is 11.1 Å². The standard InChI is InChI=1S/C8H12BrN/c1-5-8(3,4)10-6-7(2)9/h1,10H,2,6H2,3-4H3. The summed E-state index contributed by atoms with van der Waals surface area (Å²) < 4.78 is 0.913. The fraction of sp³-hybridized carbons (Fsp3) is 0.500. The summed E-state index contributed by atoms with van der Waals surface area (Å²) in [6.07, 6.45) is 5.24. The molecule has 0 aliphatic heterocycles. The average molecular weight is 202 g/mol. The van der Waals surface area contributed by atoms with Crippen molar-refractivity contribution in [3.8, 4) is 12.3 Å². The second-order valence-electron chi connectivity index (χ2n) is 2.64. The molecule has 0 aromatic heterocycles. The van der Waals surface area contributed by atoms with Crippen molar-refractivity contribution in [2.24, 2.45) is 0 Å². The molecule has 0 unspecified atom stereocenters. The molecule has 0 fully saturated rings. The SMILES string of the molecule is C#CC(C)(C)NCC(=C)Br. The summed E-state index contributed by atoms with van der Waals surface area (Å²) in [7, 11) is 0. The summed E-state index contributed by atoms with van der Waals surface area (Å²) >= 11 is 3.23. The third kappa shape index (κ3) is 4.60. The lowest BCUT2D eigenvalue weighted by molar-refractivity contribution is 0.522. The molecule has 0 atom stereocenters. The summed E-state index contributed by atoms with van der Waals surface area (Å²) in [5.74, 6) is 2.62. The number of nitrogens with one attached hydrogen (secondary N) is 1. The van der Waals surface area contributed by atoms with Crippen LogP contribution in [0, 0.1) is 12.3 Å². The van der Waals surface area contributed by atoms with Crippen molar-refractivity contribution in [1.29, 1.82) is 0 Å². The highest BCUT2D eigenvalue weighted by Crippen LogP contribution is 2.03. The van der Waals surface area contributed by atoms with E-state index in [1.54, 1.807) is 0 Å². The second kappa shape index (κ2) is 3.80. The highest BCUT2D eigenvalue weighted by molar-refractivity contribution is 9.11. The van der Waals surface area contributed by atoms with E-state index in [1.165, 1.54) is 0 Å². The quantitative estimate of drug-likeness (QED) is 0.689. The van der Waals surface area contributed by atoms with Gasteiger partial charge in [-0.1, -0.05) is 28.4 Å². The molecule has 56 valence electrons. The van der Waals surface area contributed by atoms with E-state index in [0.29, 0.717) is 6.54 Å². The highest BCUT2D eigenvalue weighted by Gasteiger charge is 2.11. The van der Waals surface area contributed by atoms with Crippen molar-refractivity contribution < 1.29 is 0 Å². The van der Waals surface area contributed by atoms with Crippen LogP contribution in [0.15, 0.2) is 11.1 Å². The lowest BCUT2D eigenvalue weighted by Gasteiger charge is -2.18. The Labute approximate surface area is 71.0 Å². The fourth-order valence-corrected chi connectivity index (χ4v) is 0.508. The van der Waals surface area contributed by atoms with Crippen LogP contribution < -0.4 is 5.32 Å². The Balaban J connectivity index is 3.71. The van der Waals surface area contributed by atoms with Gasteiger partial charge in [0.25, 0.3) is 0 Å². The van der Waals surface area contributed by atoms with Gasteiger partial charge >= 0.3 is 0 Å². The minimum atomic E-state index is -0.239. The Hall–Kier alpha value is -0.260. The van der Waals surface area contributed by atoms with Crippen LogP contribution in [0.5, 0.6) is 0 Å². The Kier molecular flexibility index (Phi) is 3.70. The van der Waals surface area contributed by atoms with Gasteiger partial charge in [-0.2, -0.15) is 0 Å². The normalized spacial score (nSPS) is 10.6. The van der Waals surface area contributed by atoms with Crippen molar-refractivity contribution in [2.45, 2.75) is 19.4 Å². The van der Waals surface area contributed by atoms with Gasteiger partial charge in [0.05, 0.1) is 5.54 Å². The molecule has 0 aliphatic carbocycles. The first-order valence-electron chi connectivity index (χ1n) is 3.04. The molecule has 1 N–H and O–H groups in total. The van der Waals surface area contributed by atoms with Gasteiger partial charge in [0.15, 0.2) is 0 Å². The third-order valence-corrected chi connectivity index (χ3v) is 1.36. The summed E-state index contributed by atoms with van der Waals surface area (Å²) in [5.41, 5.74) is -0.239. The molecule has 0 aliphatic rings. The van der Waals surface area contributed by atoms with Gasteiger partial charge in [-0.05, 0) is 13.8 Å². The molecule has 0 heterocycles. The van der Waals surface area contributed by atoms with Gasteiger partial charge in [-0.25, -0.2) is 0 Å². The Morgan fingerprint density at radius 2 is 2.30 bits per heavy atom. The molecular formula is C8H12BrN. The first-order chi connectivity index (χ1) is 4.48. The van der Waals surface area contributed by atoms with Crippen LogP contribution in [0.4, 0.5) is 0 Å². The van der Waals surface area contributed by atoms with Gasteiger partial charge in [0.2, 0.25) is 0 Å². The van der Waals surface area contributed by atoms with E-state index in [-0.39, 0.29) is 5.54 Å². The monoisotopic (exact) mass is 201 g/mol. The number of halogens is 1. The molecule has 0 aromatic rings. The van der Waals surface area contributed by atoms with Gasteiger partial charge in [-0.15, -0.1) is 6.42 Å². The van der Waals surface area contributed by atoms with Gasteiger partial charge in [0, 0.05) is 11.0 Å². The van der Waals surface area contributed by atoms with Gasteiger partial charge in [0.1, 0.15) is 0 Å². The van der Waals surface area contributed by atoms with Crippen molar-refractivity contribution in [1.82, 2.24) is 5.32 Å². The van der Waals surface area contributed by atoms with Crippen LogP contribution in [0.1, 0.15) is 13.8 Å². The molecule has 10 heavy (non-hydrogen) atoms. The molecule has 0 amide bonds. The molecule has 1 nitrogen and oxygen atoms in total. The van der Waals surface area contributed by atoms with Crippen molar-refractivity contribution >= 4 is 15.9 Å². The van der Waals surface area contributed by atoms with Gasteiger partial charge < -0.3 is 0 Å². The van der Waals surface area contributed by atoms with Crippen LogP contribution in [0.3, 0.4) is 0 Å². The van der Waals surface area contributed by atoms with Crippen LogP contribution in [-0.2, 0) is 0 Å². The summed E-state index contributed by atoms with van der Waals surface area (Å²) in [6.45, 7) is 8.28. The number of hydrogen-bond donors (Lipinski definition) is 1. The number of terminal acetylenes is 1. The topological polar surface area (TPSA) is 12.0 Å². The molecular weight excluding hydrogens is 190 g/mol. The zero-order valence-corrected chi connectivity index (χ0v) is 7.96. The summed E-state index contributed by atoms with van der Waals surface area (Å²) in [5, 5.41) is 3.13. The maximum absolute atomic E-state index is 5.24. The first-order valence-corrected chi connectivity index (χ1v) is 3.83. The molecule has 0 radical (unpaired) electrons. The maximum atomic E-state index is 5.24. The number of hydrogen-bond acceptors (Lipinski definition) is 1. The van der Waals surface area contributed by atoms with Crippen LogP contribution in [-0.4, -0.2) is 12.1 Å². The largest absolute Gasteiger partial charge is 0.297 e. The van der Waals surface area contributed by atoms with Crippen LogP contribution in [0.2, 0.25) is 0 Å². The predicted molar refractivity (Wildman–Crippen MR) is 49.0 cm³/mol. The van der Waals surface area contributed by atoms with Gasteiger partial charge in [-0.3, -0.25) is 5.32 Å². The lowest BCUT2D eigenvalue weighted by atomic mass is 10.1. The average Bonchev–Trinajstić information content (AvgIpc) is 1.85. The number of rotatable bonds is 3. The van der Waals surface area contributed by atoms with E-state index in [2.05, 4.69) is 33.7 Å². The van der Waals surface area contributed by atoms with E-state index in [1.807, 2.05) is 13.8 Å². The molecule has 0 saturated heterocycles. The first kappa shape index (κ1) is 9.74. The van der Waals surface area contributed by atoms with E-state index >= 15 is 0 Å². The Morgan fingerprint density at radius 3 is 2.60 bits per heavy atom. The molecule has 2 heteroatoms. The molecule has 0 aromatic carbocycles. The van der Waals surface area contributed by atoms with E-state index in [0.717, 1.165) is 4.48 Å². The van der Waals surface area contributed by atoms with Crippen molar-refractivity contribution in [2.75, 3.05) is 6.54 Å². The molecule has 0 spiro atoms. The molecule has 0 bridgehead atoms. The van der Waals surface area contributed by atoms with E-state index in [9.17, 15) is 0 Å². The second-order valence-corrected chi connectivity index (χ2v) is 3.76. The summed E-state index contributed by atoms with van der Waals surface area (Å²) in [6, 6.07) is 0. The van der Waals surface area contributed by atoms with E-state index < -0.39 is 0 Å². The minimum Gasteiger partial charge on any atom is -0.297 e. The highest BCUT2D eigenvalue weighted by atomic mass is 79.9. The Morgan fingerprint density at radius 1 is 1.80 bits per heavy atom. The zero-order chi connectivity index (χ0) is 8.20. The summed E-state index contributed by atoms with van der Waals surface area (Å²) in [4.78, 5) is 0. The maximum Gasteiger partial charge on any atom is 0.0744 e. The lowest BCUT2D eigenvalue weighted by Crippen LogP contribution is -2.38. The minimum absolute atomic E-state index is 0.239. The third-order valence-electron chi connectivity index (χ3n) is 1.08. The van der Waals surface area contributed by atoms with E-state index in [4.69, 9.17) is 6.42 Å². The van der Waals surface area contributed by atoms with Crippen molar-refractivity contribution in [3.63, 3.8) is 0 Å². The Bertz CT molecular complexity index is 165. The molecule has 0 saturated carbocycles. The zero-order valence-electron chi connectivity index (χ0n) is 6.37. The van der Waals surface area contributed by atoms with Crippen LogP contribution in [0.25, 0.3) is 0 Å².